The summed E-state index contributed by atoms with van der Waals surface area (Å²) in [6.07, 6.45) is 1.40. The van der Waals surface area contributed by atoms with E-state index >= 15 is 0 Å². The van der Waals surface area contributed by atoms with Crippen LogP contribution in [0.25, 0.3) is 0 Å². The molecule has 2 rings (SSSR count). The standard InChI is InChI=1S/C23H28Cl2N2O3/c1-16(27-30-23(3,4)5)17(2)29-21-12-8-19(9-13-21)26-18-6-10-20(11-7-18)28-15-14-22(24)25/h6-14,17,26H,15H2,1-5H3. The third-order valence-corrected chi connectivity index (χ3v) is 4.16. The van der Waals surface area contributed by atoms with Crippen LogP contribution in [0, 0.1) is 0 Å². The molecule has 162 valence electrons. The van der Waals surface area contributed by atoms with E-state index in [0.717, 1.165) is 28.6 Å². The van der Waals surface area contributed by atoms with E-state index in [1.165, 1.54) is 0 Å². The van der Waals surface area contributed by atoms with Gasteiger partial charge in [-0.25, -0.2) is 0 Å². The first kappa shape index (κ1) is 23.9. The van der Waals surface area contributed by atoms with E-state index in [0.29, 0.717) is 6.61 Å². The number of hydrogen-bond acceptors (Lipinski definition) is 5. The van der Waals surface area contributed by atoms with E-state index in [9.17, 15) is 0 Å². The molecule has 0 amide bonds. The first-order chi connectivity index (χ1) is 14.1. The third-order valence-electron chi connectivity index (χ3n) is 3.85. The molecule has 0 radical (unpaired) electrons. The fraction of sp³-hybridized carbons (Fsp3) is 0.348. The van der Waals surface area contributed by atoms with Gasteiger partial charge in [-0.1, -0.05) is 28.4 Å². The molecule has 0 fully saturated rings. The molecule has 1 unspecified atom stereocenters. The number of anilines is 2. The normalized spacial score (nSPS) is 12.7. The summed E-state index contributed by atoms with van der Waals surface area (Å²) in [5.41, 5.74) is 2.34. The van der Waals surface area contributed by atoms with E-state index in [1.807, 2.05) is 83.1 Å². The maximum absolute atomic E-state index is 5.94. The molecule has 1 N–H and O–H groups in total. The number of ether oxygens (including phenoxy) is 2. The van der Waals surface area contributed by atoms with E-state index in [1.54, 1.807) is 6.08 Å². The van der Waals surface area contributed by atoms with Crippen molar-refractivity contribution < 1.29 is 14.3 Å². The Morgan fingerprint density at radius 2 is 1.53 bits per heavy atom. The summed E-state index contributed by atoms with van der Waals surface area (Å²) in [6.45, 7) is 10.0. The predicted octanol–water partition coefficient (Wildman–Crippen LogP) is 7.09. The maximum Gasteiger partial charge on any atom is 0.137 e. The fourth-order valence-corrected chi connectivity index (χ4v) is 2.32. The number of hydrogen-bond donors (Lipinski definition) is 1. The van der Waals surface area contributed by atoms with Crippen molar-refractivity contribution in [3.05, 3.63) is 59.1 Å². The molecule has 30 heavy (non-hydrogen) atoms. The van der Waals surface area contributed by atoms with Crippen molar-refractivity contribution in [1.82, 2.24) is 0 Å². The third kappa shape index (κ3) is 8.97. The first-order valence-corrected chi connectivity index (χ1v) is 10.4. The lowest BCUT2D eigenvalue weighted by Crippen LogP contribution is -2.24. The summed E-state index contributed by atoms with van der Waals surface area (Å²) >= 11 is 11.1. The minimum absolute atomic E-state index is 0.191. The van der Waals surface area contributed by atoms with Gasteiger partial charge < -0.3 is 19.6 Å². The zero-order valence-corrected chi connectivity index (χ0v) is 19.4. The SMILES string of the molecule is CC(=NOC(C)(C)C)C(C)Oc1ccc(Nc2ccc(OCC=C(Cl)Cl)cc2)cc1. The molecule has 0 aliphatic carbocycles. The van der Waals surface area contributed by atoms with Gasteiger partial charge in [0.05, 0.1) is 5.71 Å². The summed E-state index contributed by atoms with van der Waals surface area (Å²) in [6, 6.07) is 15.4. The van der Waals surface area contributed by atoms with E-state index in [2.05, 4.69) is 10.5 Å². The molecule has 0 spiro atoms. The van der Waals surface area contributed by atoms with Crippen LogP contribution in [0.2, 0.25) is 0 Å². The largest absolute Gasteiger partial charge is 0.489 e. The number of nitrogens with zero attached hydrogens (tertiary/aromatic N) is 1. The minimum atomic E-state index is -0.326. The molecule has 0 aromatic heterocycles. The van der Waals surface area contributed by atoms with Gasteiger partial charge in [-0.3, -0.25) is 0 Å². The van der Waals surface area contributed by atoms with Crippen molar-refractivity contribution in [1.29, 1.82) is 0 Å². The lowest BCUT2D eigenvalue weighted by atomic mass is 10.2. The van der Waals surface area contributed by atoms with Gasteiger partial charge in [-0.2, -0.15) is 0 Å². The van der Waals surface area contributed by atoms with Crippen LogP contribution in [0.3, 0.4) is 0 Å². The van der Waals surface area contributed by atoms with E-state index < -0.39 is 0 Å². The number of benzene rings is 2. The van der Waals surface area contributed by atoms with Crippen molar-refractivity contribution in [3.8, 4) is 11.5 Å². The van der Waals surface area contributed by atoms with Crippen molar-refractivity contribution >= 4 is 40.3 Å². The minimum Gasteiger partial charge on any atom is -0.489 e. The number of oxime groups is 1. The number of nitrogens with one attached hydrogen (secondary N) is 1. The highest BCUT2D eigenvalue weighted by molar-refractivity contribution is 6.55. The van der Waals surface area contributed by atoms with Gasteiger partial charge in [0, 0.05) is 11.4 Å². The van der Waals surface area contributed by atoms with Gasteiger partial charge >= 0.3 is 0 Å². The molecule has 0 bridgehead atoms. The molecular formula is C23H28Cl2N2O3. The highest BCUT2D eigenvalue weighted by Crippen LogP contribution is 2.23. The molecule has 0 saturated heterocycles. The average Bonchev–Trinajstić information content (AvgIpc) is 2.68. The highest BCUT2D eigenvalue weighted by Gasteiger charge is 2.13. The lowest BCUT2D eigenvalue weighted by molar-refractivity contribution is -0.000604. The second kappa shape index (κ2) is 11.1. The molecule has 2 aromatic carbocycles. The molecule has 0 saturated carbocycles. The Balaban J connectivity index is 1.89. The second-order valence-electron chi connectivity index (χ2n) is 7.67. The Hall–Kier alpha value is -2.37. The summed E-state index contributed by atoms with van der Waals surface area (Å²) < 4.78 is 11.7. The van der Waals surface area contributed by atoms with Crippen LogP contribution >= 0.6 is 23.2 Å². The van der Waals surface area contributed by atoms with Crippen LogP contribution in [0.1, 0.15) is 34.6 Å². The van der Waals surface area contributed by atoms with Gasteiger partial charge in [-0.05, 0) is 89.2 Å². The summed E-state index contributed by atoms with van der Waals surface area (Å²) in [5.74, 6) is 1.49. The number of halogens is 2. The van der Waals surface area contributed by atoms with Gasteiger partial charge in [-0.15, -0.1) is 0 Å². The second-order valence-corrected chi connectivity index (χ2v) is 8.68. The zero-order chi connectivity index (χ0) is 22.1. The molecule has 7 heteroatoms. The van der Waals surface area contributed by atoms with E-state index in [-0.39, 0.29) is 16.2 Å². The summed E-state index contributed by atoms with van der Waals surface area (Å²) in [5, 5.41) is 7.49. The molecule has 0 aliphatic heterocycles. The summed E-state index contributed by atoms with van der Waals surface area (Å²) in [4.78, 5) is 5.45. The Labute approximate surface area is 188 Å². The quantitative estimate of drug-likeness (QED) is 0.327. The highest BCUT2D eigenvalue weighted by atomic mass is 35.5. The van der Waals surface area contributed by atoms with Crippen LogP contribution in [0.15, 0.2) is 64.3 Å². The first-order valence-electron chi connectivity index (χ1n) is 9.63. The molecule has 5 nitrogen and oxygen atoms in total. The van der Waals surface area contributed by atoms with Crippen molar-refractivity contribution in [2.75, 3.05) is 11.9 Å². The monoisotopic (exact) mass is 450 g/mol. The molecular weight excluding hydrogens is 423 g/mol. The van der Waals surface area contributed by atoms with E-state index in [4.69, 9.17) is 37.5 Å². The van der Waals surface area contributed by atoms with Crippen molar-refractivity contribution in [2.45, 2.75) is 46.3 Å². The molecule has 1 atom stereocenters. The maximum atomic E-state index is 5.94. The van der Waals surface area contributed by atoms with Crippen LogP contribution in [0.5, 0.6) is 11.5 Å². The predicted molar refractivity (Wildman–Crippen MR) is 125 cm³/mol. The number of rotatable bonds is 9. The van der Waals surface area contributed by atoms with Gasteiger partial charge in [0.15, 0.2) is 0 Å². The van der Waals surface area contributed by atoms with Gasteiger partial charge in [0.1, 0.15) is 34.3 Å². The van der Waals surface area contributed by atoms with Crippen molar-refractivity contribution in [3.63, 3.8) is 0 Å². The average molecular weight is 451 g/mol. The molecule has 0 aliphatic rings. The van der Waals surface area contributed by atoms with Gasteiger partial charge in [0.2, 0.25) is 0 Å². The van der Waals surface area contributed by atoms with Crippen molar-refractivity contribution in [2.24, 2.45) is 5.16 Å². The topological polar surface area (TPSA) is 52.1 Å². The van der Waals surface area contributed by atoms with Crippen LogP contribution in [-0.4, -0.2) is 24.0 Å². The van der Waals surface area contributed by atoms with Crippen LogP contribution in [0.4, 0.5) is 11.4 Å². The van der Waals surface area contributed by atoms with Crippen LogP contribution in [-0.2, 0) is 4.84 Å². The van der Waals surface area contributed by atoms with Gasteiger partial charge in [0.25, 0.3) is 0 Å². The Morgan fingerprint density at radius 3 is 2.03 bits per heavy atom. The Morgan fingerprint density at radius 1 is 1.00 bits per heavy atom. The lowest BCUT2D eigenvalue weighted by Gasteiger charge is -2.19. The zero-order valence-electron chi connectivity index (χ0n) is 17.9. The fourth-order valence-electron chi connectivity index (χ4n) is 2.19. The Bertz CT molecular complexity index is 854. The summed E-state index contributed by atoms with van der Waals surface area (Å²) in [7, 11) is 0. The smallest absolute Gasteiger partial charge is 0.137 e. The molecule has 2 aromatic rings. The Kier molecular flexibility index (Phi) is 8.88. The molecule has 0 heterocycles. The van der Waals surface area contributed by atoms with Crippen LogP contribution < -0.4 is 14.8 Å².